The van der Waals surface area contributed by atoms with Gasteiger partial charge in [-0.2, -0.15) is 5.26 Å². The number of nitriles is 1. The molecule has 1 heterocycles. The van der Waals surface area contributed by atoms with Crippen molar-refractivity contribution < 1.29 is 24.3 Å². The van der Waals surface area contributed by atoms with E-state index in [2.05, 4.69) is 10.6 Å². The molecule has 158 valence electrons. The summed E-state index contributed by atoms with van der Waals surface area (Å²) in [6, 6.07) is 15.2. The third kappa shape index (κ3) is 4.53. The van der Waals surface area contributed by atoms with Crippen LogP contribution in [0.1, 0.15) is 36.1 Å². The van der Waals surface area contributed by atoms with E-state index in [1.54, 1.807) is 42.5 Å². The molecule has 0 radical (unpaired) electrons. The molecule has 9 heteroatoms. The summed E-state index contributed by atoms with van der Waals surface area (Å²) < 4.78 is 0. The first-order chi connectivity index (χ1) is 14.7. The highest BCUT2D eigenvalue weighted by atomic mass is 16.4. The van der Waals surface area contributed by atoms with Crippen LogP contribution in [0.4, 0.5) is 4.79 Å². The van der Waals surface area contributed by atoms with Crippen molar-refractivity contribution in [3.05, 3.63) is 71.3 Å². The fourth-order valence-electron chi connectivity index (χ4n) is 3.41. The molecule has 31 heavy (non-hydrogen) atoms. The minimum absolute atomic E-state index is 0.348. The van der Waals surface area contributed by atoms with Crippen molar-refractivity contribution in [3.8, 4) is 6.07 Å². The van der Waals surface area contributed by atoms with Gasteiger partial charge in [0.15, 0.2) is 0 Å². The molecule has 1 aliphatic heterocycles. The average Bonchev–Trinajstić information content (AvgIpc) is 2.97. The lowest BCUT2D eigenvalue weighted by Gasteiger charge is -2.23. The number of carbonyl (C=O) groups excluding carboxylic acids is 3. The molecule has 2 aromatic rings. The maximum Gasteiger partial charge on any atom is 0.325 e. The van der Waals surface area contributed by atoms with Crippen molar-refractivity contribution in [2.24, 2.45) is 0 Å². The van der Waals surface area contributed by atoms with Crippen LogP contribution in [-0.2, 0) is 19.9 Å². The van der Waals surface area contributed by atoms with Crippen LogP contribution < -0.4 is 10.6 Å². The van der Waals surface area contributed by atoms with E-state index in [4.69, 9.17) is 10.4 Å². The Kier molecular flexibility index (Phi) is 6.02. The molecular weight excluding hydrogens is 400 g/mol. The van der Waals surface area contributed by atoms with Gasteiger partial charge in [0.05, 0.1) is 24.1 Å². The van der Waals surface area contributed by atoms with E-state index >= 15 is 0 Å². The first-order valence-electron chi connectivity index (χ1n) is 9.45. The fourth-order valence-corrected chi connectivity index (χ4v) is 3.41. The Hall–Kier alpha value is -4.19. The standard InChI is InChI=1S/C22H20N4O5/c1-22(16-9-7-14(12-23)8-10-16)20(30)26(21(31)25-22)13-18(27)24-17(11-19(28)29)15-5-3-2-4-6-15/h2-10,17H,11,13H2,1H3,(H,24,27)(H,25,31)(H,28,29)/t17-,22-/m0/s1. The number of aliphatic carboxylic acids is 1. The largest absolute Gasteiger partial charge is 0.481 e. The summed E-state index contributed by atoms with van der Waals surface area (Å²) in [5, 5.41) is 23.3. The first-order valence-corrected chi connectivity index (χ1v) is 9.45. The summed E-state index contributed by atoms with van der Waals surface area (Å²) >= 11 is 0. The molecule has 9 nitrogen and oxygen atoms in total. The Morgan fingerprint density at radius 2 is 1.81 bits per heavy atom. The van der Waals surface area contributed by atoms with Gasteiger partial charge < -0.3 is 15.7 Å². The van der Waals surface area contributed by atoms with Gasteiger partial charge in [-0.05, 0) is 30.2 Å². The molecule has 0 bridgehead atoms. The number of carboxylic acids is 1. The Labute approximate surface area is 178 Å². The summed E-state index contributed by atoms with van der Waals surface area (Å²) in [7, 11) is 0. The van der Waals surface area contributed by atoms with Crippen LogP contribution >= 0.6 is 0 Å². The molecule has 1 aliphatic rings. The molecule has 0 spiro atoms. The molecule has 1 fully saturated rings. The van der Waals surface area contributed by atoms with Gasteiger partial charge in [0.2, 0.25) is 5.91 Å². The van der Waals surface area contributed by atoms with Crippen LogP contribution in [-0.4, -0.2) is 40.4 Å². The zero-order valence-corrected chi connectivity index (χ0v) is 16.7. The summed E-state index contributed by atoms with van der Waals surface area (Å²) in [4.78, 5) is 50.0. The van der Waals surface area contributed by atoms with Crippen LogP contribution in [0.15, 0.2) is 54.6 Å². The summed E-state index contributed by atoms with van der Waals surface area (Å²) in [5.74, 6) is -2.38. The van der Waals surface area contributed by atoms with Gasteiger partial charge in [0.25, 0.3) is 5.91 Å². The predicted molar refractivity (Wildman–Crippen MR) is 108 cm³/mol. The summed E-state index contributed by atoms with van der Waals surface area (Å²) in [6.45, 7) is 0.962. The van der Waals surface area contributed by atoms with Gasteiger partial charge >= 0.3 is 12.0 Å². The monoisotopic (exact) mass is 420 g/mol. The van der Waals surface area contributed by atoms with E-state index in [-0.39, 0.29) is 6.42 Å². The van der Waals surface area contributed by atoms with Crippen molar-refractivity contribution in [2.75, 3.05) is 6.54 Å². The number of carbonyl (C=O) groups is 4. The number of carboxylic acid groups (broad SMARTS) is 1. The molecule has 3 N–H and O–H groups in total. The minimum Gasteiger partial charge on any atom is -0.481 e. The van der Waals surface area contributed by atoms with Gasteiger partial charge in [-0.1, -0.05) is 42.5 Å². The van der Waals surface area contributed by atoms with Crippen molar-refractivity contribution in [2.45, 2.75) is 24.9 Å². The maximum atomic E-state index is 13.0. The molecule has 0 unspecified atom stereocenters. The lowest BCUT2D eigenvalue weighted by Crippen LogP contribution is -2.44. The first kappa shape index (κ1) is 21.5. The van der Waals surface area contributed by atoms with Gasteiger partial charge in [-0.15, -0.1) is 0 Å². The predicted octanol–water partition coefficient (Wildman–Crippen LogP) is 1.66. The number of amides is 4. The van der Waals surface area contributed by atoms with Crippen LogP contribution in [0.25, 0.3) is 0 Å². The van der Waals surface area contributed by atoms with Crippen LogP contribution in [0, 0.1) is 11.3 Å². The quantitative estimate of drug-likeness (QED) is 0.582. The highest BCUT2D eigenvalue weighted by Gasteiger charge is 2.49. The molecule has 0 aliphatic carbocycles. The minimum atomic E-state index is -1.38. The van der Waals surface area contributed by atoms with E-state index in [0.717, 1.165) is 4.90 Å². The third-order valence-corrected chi connectivity index (χ3v) is 5.08. The van der Waals surface area contributed by atoms with Crippen molar-refractivity contribution in [3.63, 3.8) is 0 Å². The number of benzene rings is 2. The fraction of sp³-hybridized carbons (Fsp3) is 0.227. The van der Waals surface area contributed by atoms with E-state index in [0.29, 0.717) is 16.7 Å². The molecular formula is C22H20N4O5. The Bertz CT molecular complexity index is 1060. The van der Waals surface area contributed by atoms with E-state index < -0.39 is 41.9 Å². The zero-order chi connectivity index (χ0) is 22.6. The maximum absolute atomic E-state index is 13.0. The normalized spacial score (nSPS) is 18.8. The number of hydrogen-bond acceptors (Lipinski definition) is 5. The number of imide groups is 1. The highest BCUT2D eigenvalue weighted by molar-refractivity contribution is 6.09. The Morgan fingerprint density at radius 1 is 1.16 bits per heavy atom. The van der Waals surface area contributed by atoms with Gasteiger partial charge in [0, 0.05) is 0 Å². The second-order valence-electron chi connectivity index (χ2n) is 7.26. The molecule has 0 saturated carbocycles. The number of nitrogens with zero attached hydrogens (tertiary/aromatic N) is 2. The van der Waals surface area contributed by atoms with Gasteiger partial charge in [-0.3, -0.25) is 19.3 Å². The molecule has 0 aromatic heterocycles. The summed E-state index contributed by atoms with van der Waals surface area (Å²) in [6.07, 6.45) is -0.348. The van der Waals surface area contributed by atoms with Crippen LogP contribution in [0.5, 0.6) is 0 Å². The Balaban J connectivity index is 1.74. The van der Waals surface area contributed by atoms with E-state index in [9.17, 15) is 19.2 Å². The molecule has 3 rings (SSSR count). The van der Waals surface area contributed by atoms with Crippen LogP contribution in [0.2, 0.25) is 0 Å². The van der Waals surface area contributed by atoms with Gasteiger partial charge in [0.1, 0.15) is 12.1 Å². The molecule has 1 saturated heterocycles. The van der Waals surface area contributed by atoms with Gasteiger partial charge in [-0.25, -0.2) is 4.79 Å². The van der Waals surface area contributed by atoms with Crippen molar-refractivity contribution in [1.29, 1.82) is 5.26 Å². The van der Waals surface area contributed by atoms with Crippen LogP contribution in [0.3, 0.4) is 0 Å². The van der Waals surface area contributed by atoms with Crippen molar-refractivity contribution in [1.82, 2.24) is 15.5 Å². The van der Waals surface area contributed by atoms with Crippen molar-refractivity contribution >= 4 is 23.8 Å². The molecule has 2 aromatic carbocycles. The smallest absolute Gasteiger partial charge is 0.325 e. The van der Waals surface area contributed by atoms with E-state index in [1.807, 2.05) is 6.07 Å². The number of rotatable bonds is 7. The van der Waals surface area contributed by atoms with E-state index in [1.165, 1.54) is 19.1 Å². The summed E-state index contributed by atoms with van der Waals surface area (Å²) in [5.41, 5.74) is 0.0926. The number of nitrogens with one attached hydrogen (secondary N) is 2. The lowest BCUT2D eigenvalue weighted by atomic mass is 9.91. The third-order valence-electron chi connectivity index (χ3n) is 5.08. The lowest BCUT2D eigenvalue weighted by molar-refractivity contribution is -0.138. The number of urea groups is 1. The topological polar surface area (TPSA) is 140 Å². The SMILES string of the molecule is C[C@@]1(c2ccc(C#N)cc2)NC(=O)N(CC(=O)N[C@@H](CC(=O)O)c2ccccc2)C1=O. The molecule has 4 amide bonds. The highest BCUT2D eigenvalue weighted by Crippen LogP contribution is 2.29. The second kappa shape index (κ2) is 8.67. The zero-order valence-electron chi connectivity index (χ0n) is 16.7. The Morgan fingerprint density at radius 3 is 2.39 bits per heavy atom. The number of hydrogen-bond donors (Lipinski definition) is 3. The second-order valence-corrected chi connectivity index (χ2v) is 7.26. The average molecular weight is 420 g/mol. The molecule has 2 atom stereocenters.